The highest BCUT2D eigenvalue weighted by molar-refractivity contribution is 7.99. The maximum absolute atomic E-state index is 11.8. The first kappa shape index (κ1) is 13.5. The van der Waals surface area contributed by atoms with Crippen LogP contribution in [0.3, 0.4) is 0 Å². The van der Waals surface area contributed by atoms with Crippen LogP contribution in [0.4, 0.5) is 0 Å². The standard InChI is InChI=1S/C14H16N2O3S/c1-14(8-18-9-14)7-15-12(17)6-20-13-16-10-4-2-3-5-11(10)19-13/h2-5H,6-9H2,1H3,(H,15,17). The van der Waals surface area contributed by atoms with Gasteiger partial charge < -0.3 is 14.5 Å². The molecule has 0 aliphatic carbocycles. The third-order valence-corrected chi connectivity index (χ3v) is 4.04. The van der Waals surface area contributed by atoms with Crippen molar-refractivity contribution in [3.63, 3.8) is 0 Å². The maximum Gasteiger partial charge on any atom is 0.257 e. The van der Waals surface area contributed by atoms with Gasteiger partial charge in [-0.25, -0.2) is 4.98 Å². The summed E-state index contributed by atoms with van der Waals surface area (Å²) in [5.41, 5.74) is 1.65. The molecule has 20 heavy (non-hydrogen) atoms. The van der Waals surface area contributed by atoms with Crippen LogP contribution in [-0.2, 0) is 9.53 Å². The average molecular weight is 292 g/mol. The molecule has 0 unspecified atom stereocenters. The first-order valence-electron chi connectivity index (χ1n) is 6.47. The number of para-hydroxylation sites is 2. The molecule has 1 amide bonds. The maximum atomic E-state index is 11.8. The second-order valence-electron chi connectivity index (χ2n) is 5.32. The molecule has 1 saturated heterocycles. The first-order chi connectivity index (χ1) is 9.65. The first-order valence-corrected chi connectivity index (χ1v) is 7.46. The lowest BCUT2D eigenvalue weighted by atomic mass is 9.89. The van der Waals surface area contributed by atoms with Gasteiger partial charge in [0.05, 0.1) is 19.0 Å². The normalized spacial score (nSPS) is 16.9. The number of rotatable bonds is 5. The smallest absolute Gasteiger partial charge is 0.257 e. The van der Waals surface area contributed by atoms with Gasteiger partial charge in [0.15, 0.2) is 5.58 Å². The van der Waals surface area contributed by atoms with Crippen molar-refractivity contribution in [3.8, 4) is 0 Å². The van der Waals surface area contributed by atoms with Gasteiger partial charge in [0, 0.05) is 12.0 Å². The molecule has 6 heteroatoms. The third kappa shape index (κ3) is 2.96. The van der Waals surface area contributed by atoms with E-state index in [1.807, 2.05) is 24.3 Å². The molecule has 0 spiro atoms. The van der Waals surface area contributed by atoms with Gasteiger partial charge in [-0.2, -0.15) is 0 Å². The van der Waals surface area contributed by atoms with E-state index in [-0.39, 0.29) is 11.3 Å². The Balaban J connectivity index is 1.49. The molecule has 5 nitrogen and oxygen atoms in total. The summed E-state index contributed by atoms with van der Waals surface area (Å²) in [7, 11) is 0. The Labute approximate surface area is 121 Å². The minimum absolute atomic E-state index is 0.00891. The van der Waals surface area contributed by atoms with Crippen molar-refractivity contribution < 1.29 is 13.9 Å². The van der Waals surface area contributed by atoms with E-state index < -0.39 is 0 Å². The van der Waals surface area contributed by atoms with Crippen molar-refractivity contribution in [2.75, 3.05) is 25.5 Å². The number of ether oxygens (including phenoxy) is 1. The van der Waals surface area contributed by atoms with E-state index >= 15 is 0 Å². The highest BCUT2D eigenvalue weighted by Crippen LogP contribution is 2.25. The summed E-state index contributed by atoms with van der Waals surface area (Å²) in [5.74, 6) is 0.300. The number of thioether (sulfide) groups is 1. The van der Waals surface area contributed by atoms with Gasteiger partial charge in [-0.05, 0) is 12.1 Å². The van der Waals surface area contributed by atoms with Crippen LogP contribution in [0.5, 0.6) is 0 Å². The summed E-state index contributed by atoms with van der Waals surface area (Å²) in [6.45, 7) is 4.18. The van der Waals surface area contributed by atoms with Crippen LogP contribution in [0.15, 0.2) is 33.9 Å². The number of hydrogen-bond acceptors (Lipinski definition) is 5. The molecule has 2 aromatic rings. The van der Waals surface area contributed by atoms with Crippen LogP contribution >= 0.6 is 11.8 Å². The highest BCUT2D eigenvalue weighted by Gasteiger charge is 2.33. The predicted octanol–water partition coefficient (Wildman–Crippen LogP) is 2.07. The summed E-state index contributed by atoms with van der Waals surface area (Å²) in [4.78, 5) is 16.1. The molecule has 0 saturated carbocycles. The SMILES string of the molecule is CC1(CNC(=O)CSc2nc3ccccc3o2)COC1. The quantitative estimate of drug-likeness (QED) is 0.855. The van der Waals surface area contributed by atoms with E-state index in [1.165, 1.54) is 11.8 Å². The Bertz CT molecular complexity index is 589. The fraction of sp³-hybridized carbons (Fsp3) is 0.429. The summed E-state index contributed by atoms with van der Waals surface area (Å²) in [5, 5.41) is 3.45. The van der Waals surface area contributed by atoms with Gasteiger partial charge in [0.2, 0.25) is 5.91 Å². The van der Waals surface area contributed by atoms with Crippen LogP contribution < -0.4 is 5.32 Å². The van der Waals surface area contributed by atoms with Crippen molar-refractivity contribution in [2.45, 2.75) is 12.1 Å². The number of fused-ring (bicyclic) bond motifs is 1. The summed E-state index contributed by atoms with van der Waals surface area (Å²) < 4.78 is 10.7. The monoisotopic (exact) mass is 292 g/mol. The van der Waals surface area contributed by atoms with E-state index in [1.54, 1.807) is 0 Å². The zero-order valence-electron chi connectivity index (χ0n) is 11.2. The number of oxazole rings is 1. The zero-order valence-corrected chi connectivity index (χ0v) is 12.0. The number of nitrogens with one attached hydrogen (secondary N) is 1. The second-order valence-corrected chi connectivity index (χ2v) is 6.24. The number of amides is 1. The Morgan fingerprint density at radius 3 is 2.95 bits per heavy atom. The molecule has 0 atom stereocenters. The highest BCUT2D eigenvalue weighted by atomic mass is 32.2. The van der Waals surface area contributed by atoms with E-state index in [4.69, 9.17) is 9.15 Å². The van der Waals surface area contributed by atoms with Crippen molar-refractivity contribution in [1.82, 2.24) is 10.3 Å². The predicted molar refractivity (Wildman–Crippen MR) is 76.7 cm³/mol. The summed E-state index contributed by atoms with van der Waals surface area (Å²) >= 11 is 1.31. The van der Waals surface area contributed by atoms with Gasteiger partial charge in [-0.1, -0.05) is 30.8 Å². The number of hydrogen-bond donors (Lipinski definition) is 1. The molecule has 1 fully saturated rings. The average Bonchev–Trinajstić information content (AvgIpc) is 2.83. The lowest BCUT2D eigenvalue weighted by molar-refractivity contribution is -0.124. The minimum atomic E-state index is -0.00891. The third-order valence-electron chi connectivity index (χ3n) is 3.21. The van der Waals surface area contributed by atoms with E-state index in [0.29, 0.717) is 30.7 Å². The fourth-order valence-electron chi connectivity index (χ4n) is 1.96. The van der Waals surface area contributed by atoms with Crippen molar-refractivity contribution >= 4 is 28.8 Å². The molecule has 106 valence electrons. The number of carbonyl (C=O) groups is 1. The van der Waals surface area contributed by atoms with Gasteiger partial charge in [0.1, 0.15) is 5.52 Å². The fourth-order valence-corrected chi connectivity index (χ4v) is 2.62. The van der Waals surface area contributed by atoms with Crippen molar-refractivity contribution in [2.24, 2.45) is 5.41 Å². The molecule has 1 aromatic carbocycles. The Morgan fingerprint density at radius 1 is 1.45 bits per heavy atom. The topological polar surface area (TPSA) is 64.4 Å². The van der Waals surface area contributed by atoms with Gasteiger partial charge >= 0.3 is 0 Å². The lowest BCUT2D eigenvalue weighted by Crippen LogP contribution is -2.48. The Hall–Kier alpha value is -1.53. The second kappa shape index (κ2) is 5.46. The van der Waals surface area contributed by atoms with Crippen LogP contribution in [0.25, 0.3) is 11.1 Å². The molecule has 1 aliphatic rings. The van der Waals surface area contributed by atoms with Crippen LogP contribution in [0.2, 0.25) is 0 Å². The Morgan fingerprint density at radius 2 is 2.25 bits per heavy atom. The number of carbonyl (C=O) groups excluding carboxylic acids is 1. The number of benzene rings is 1. The van der Waals surface area contributed by atoms with Gasteiger partial charge in [0.25, 0.3) is 5.22 Å². The molecule has 1 aromatic heterocycles. The largest absolute Gasteiger partial charge is 0.431 e. The van der Waals surface area contributed by atoms with Crippen molar-refractivity contribution in [1.29, 1.82) is 0 Å². The Kier molecular flexibility index (Phi) is 3.67. The lowest BCUT2D eigenvalue weighted by Gasteiger charge is -2.37. The molecule has 2 heterocycles. The molecular weight excluding hydrogens is 276 g/mol. The van der Waals surface area contributed by atoms with E-state index in [2.05, 4.69) is 17.2 Å². The molecule has 1 N–H and O–H groups in total. The van der Waals surface area contributed by atoms with E-state index in [0.717, 1.165) is 11.1 Å². The molecular formula is C14H16N2O3S. The van der Waals surface area contributed by atoms with Crippen molar-refractivity contribution in [3.05, 3.63) is 24.3 Å². The van der Waals surface area contributed by atoms with Gasteiger partial charge in [-0.15, -0.1) is 0 Å². The van der Waals surface area contributed by atoms with Crippen LogP contribution in [-0.4, -0.2) is 36.4 Å². The summed E-state index contributed by atoms with van der Waals surface area (Å²) in [6, 6.07) is 7.56. The van der Waals surface area contributed by atoms with Gasteiger partial charge in [-0.3, -0.25) is 4.79 Å². The molecule has 1 aliphatic heterocycles. The number of aromatic nitrogens is 1. The van der Waals surface area contributed by atoms with E-state index in [9.17, 15) is 4.79 Å². The number of nitrogens with zero attached hydrogens (tertiary/aromatic N) is 1. The molecule has 3 rings (SSSR count). The molecule has 0 radical (unpaired) electrons. The van der Waals surface area contributed by atoms with Crippen LogP contribution in [0, 0.1) is 5.41 Å². The molecule has 0 bridgehead atoms. The minimum Gasteiger partial charge on any atom is -0.431 e. The summed E-state index contributed by atoms with van der Waals surface area (Å²) in [6.07, 6.45) is 0. The van der Waals surface area contributed by atoms with Crippen LogP contribution in [0.1, 0.15) is 6.92 Å². The zero-order chi connectivity index (χ0) is 14.0.